The van der Waals surface area contributed by atoms with Crippen molar-refractivity contribution in [1.82, 2.24) is 4.98 Å². The van der Waals surface area contributed by atoms with Gasteiger partial charge in [0.1, 0.15) is 0 Å². The van der Waals surface area contributed by atoms with Gasteiger partial charge in [0.05, 0.1) is 10.0 Å². The number of aryl methyl sites for hydroxylation is 1. The van der Waals surface area contributed by atoms with Gasteiger partial charge in [0.25, 0.3) is 0 Å². The van der Waals surface area contributed by atoms with E-state index in [9.17, 15) is 0 Å². The fraction of sp³-hybridized carbons (Fsp3) is 0.385. The van der Waals surface area contributed by atoms with Gasteiger partial charge in [-0.15, -0.1) is 0 Å². The molecule has 1 atom stereocenters. The molecule has 1 heterocycles. The monoisotopic (exact) mass is 268 g/mol. The molecule has 0 fully saturated rings. The van der Waals surface area contributed by atoms with Crippen molar-refractivity contribution in [1.29, 1.82) is 0 Å². The summed E-state index contributed by atoms with van der Waals surface area (Å²) in [7, 11) is 0. The van der Waals surface area contributed by atoms with Crippen LogP contribution in [0.1, 0.15) is 17.7 Å². The van der Waals surface area contributed by atoms with Crippen molar-refractivity contribution in [3.8, 4) is 0 Å². The molecule has 90 valence electrons. The fourth-order valence-electron chi connectivity index (χ4n) is 2.72. The molecule has 17 heavy (non-hydrogen) atoms. The van der Waals surface area contributed by atoms with Crippen molar-refractivity contribution in [2.75, 3.05) is 6.54 Å². The van der Waals surface area contributed by atoms with Gasteiger partial charge in [-0.1, -0.05) is 23.2 Å². The van der Waals surface area contributed by atoms with E-state index in [-0.39, 0.29) is 0 Å². The van der Waals surface area contributed by atoms with Gasteiger partial charge in [0, 0.05) is 16.6 Å². The highest BCUT2D eigenvalue weighted by Gasteiger charge is 2.23. The molecule has 1 aromatic heterocycles. The molecule has 1 aliphatic rings. The first kappa shape index (κ1) is 11.4. The maximum Gasteiger partial charge on any atom is 0.0688 e. The molecule has 0 bridgehead atoms. The lowest BCUT2D eigenvalue weighted by Crippen LogP contribution is -2.21. The summed E-state index contributed by atoms with van der Waals surface area (Å²) in [4.78, 5) is 3.44. The number of fused-ring (bicyclic) bond motifs is 3. The summed E-state index contributed by atoms with van der Waals surface area (Å²) in [5.74, 6) is 0.566. The summed E-state index contributed by atoms with van der Waals surface area (Å²) in [6.45, 7) is 0.740. The van der Waals surface area contributed by atoms with Gasteiger partial charge in [-0.25, -0.2) is 0 Å². The van der Waals surface area contributed by atoms with E-state index in [0.717, 1.165) is 36.7 Å². The van der Waals surface area contributed by atoms with Crippen LogP contribution in [0.25, 0.3) is 10.9 Å². The smallest absolute Gasteiger partial charge is 0.0688 e. The van der Waals surface area contributed by atoms with Gasteiger partial charge in [-0.05, 0) is 49.4 Å². The minimum Gasteiger partial charge on any atom is -0.358 e. The summed E-state index contributed by atoms with van der Waals surface area (Å²) in [6.07, 6.45) is 3.22. The van der Waals surface area contributed by atoms with Crippen molar-refractivity contribution < 1.29 is 0 Å². The molecule has 0 saturated heterocycles. The number of hydrogen-bond donors (Lipinski definition) is 2. The number of H-pyrrole nitrogens is 1. The normalized spacial score (nSPS) is 19.6. The number of aromatic amines is 1. The van der Waals surface area contributed by atoms with Crippen LogP contribution >= 0.6 is 23.2 Å². The second-order valence-corrected chi connectivity index (χ2v) is 5.50. The SMILES string of the molecule is NCC1CCc2[nH]c3ccc(Cl)c(Cl)c3c2C1. The number of rotatable bonds is 1. The third-order valence-corrected chi connectivity index (χ3v) is 4.48. The van der Waals surface area contributed by atoms with E-state index in [1.807, 2.05) is 12.1 Å². The summed E-state index contributed by atoms with van der Waals surface area (Å²) in [5, 5.41) is 2.38. The predicted octanol–water partition coefficient (Wildman–Crippen LogP) is 3.54. The van der Waals surface area contributed by atoms with Crippen molar-refractivity contribution in [3.63, 3.8) is 0 Å². The van der Waals surface area contributed by atoms with Crippen LogP contribution < -0.4 is 5.73 Å². The maximum absolute atomic E-state index is 6.31. The Bertz CT molecular complexity index is 574. The summed E-state index contributed by atoms with van der Waals surface area (Å²) < 4.78 is 0. The first-order valence-corrected chi connectivity index (χ1v) is 6.63. The highest BCUT2D eigenvalue weighted by Crippen LogP contribution is 2.38. The Morgan fingerprint density at radius 3 is 2.94 bits per heavy atom. The van der Waals surface area contributed by atoms with Crippen molar-refractivity contribution in [2.24, 2.45) is 11.7 Å². The lowest BCUT2D eigenvalue weighted by atomic mass is 9.86. The molecular formula is C13H14Cl2N2. The second kappa shape index (κ2) is 4.20. The molecule has 2 nitrogen and oxygen atoms in total. The minimum absolute atomic E-state index is 0.566. The second-order valence-electron chi connectivity index (χ2n) is 4.71. The lowest BCUT2D eigenvalue weighted by molar-refractivity contribution is 0.468. The average Bonchev–Trinajstić information content (AvgIpc) is 2.71. The van der Waals surface area contributed by atoms with Crippen LogP contribution in [0, 0.1) is 5.92 Å². The van der Waals surface area contributed by atoms with Crippen LogP contribution in [0.2, 0.25) is 10.0 Å². The van der Waals surface area contributed by atoms with Crippen molar-refractivity contribution in [2.45, 2.75) is 19.3 Å². The largest absolute Gasteiger partial charge is 0.358 e. The minimum atomic E-state index is 0.566. The first-order chi connectivity index (χ1) is 8.20. The molecule has 1 unspecified atom stereocenters. The highest BCUT2D eigenvalue weighted by molar-refractivity contribution is 6.45. The first-order valence-electron chi connectivity index (χ1n) is 5.88. The zero-order valence-electron chi connectivity index (χ0n) is 9.39. The summed E-state index contributed by atoms with van der Waals surface area (Å²) in [5.41, 5.74) is 9.47. The van der Waals surface area contributed by atoms with Gasteiger partial charge in [-0.2, -0.15) is 0 Å². The van der Waals surface area contributed by atoms with Crippen LogP contribution in [0.15, 0.2) is 12.1 Å². The van der Waals surface area contributed by atoms with Gasteiger partial charge in [0.2, 0.25) is 0 Å². The molecule has 0 amide bonds. The van der Waals surface area contributed by atoms with Gasteiger partial charge >= 0.3 is 0 Å². The predicted molar refractivity (Wildman–Crippen MR) is 72.9 cm³/mol. The Morgan fingerprint density at radius 1 is 1.35 bits per heavy atom. The molecule has 1 aromatic carbocycles. The van der Waals surface area contributed by atoms with E-state index < -0.39 is 0 Å². The van der Waals surface area contributed by atoms with E-state index in [4.69, 9.17) is 28.9 Å². The van der Waals surface area contributed by atoms with Gasteiger partial charge in [-0.3, -0.25) is 0 Å². The third kappa shape index (κ3) is 1.75. The fourth-order valence-corrected chi connectivity index (χ4v) is 3.15. The van der Waals surface area contributed by atoms with E-state index in [0.29, 0.717) is 16.0 Å². The molecule has 0 saturated carbocycles. The molecular weight excluding hydrogens is 255 g/mol. The topological polar surface area (TPSA) is 41.8 Å². The molecule has 0 aliphatic heterocycles. The van der Waals surface area contributed by atoms with E-state index in [2.05, 4.69) is 4.98 Å². The molecule has 0 radical (unpaired) electrons. The average molecular weight is 269 g/mol. The van der Waals surface area contributed by atoms with Crippen molar-refractivity contribution in [3.05, 3.63) is 33.4 Å². The van der Waals surface area contributed by atoms with Crippen LogP contribution in [-0.2, 0) is 12.8 Å². The number of benzene rings is 1. The van der Waals surface area contributed by atoms with E-state index >= 15 is 0 Å². The van der Waals surface area contributed by atoms with Crippen LogP contribution in [-0.4, -0.2) is 11.5 Å². The number of nitrogens with one attached hydrogen (secondary N) is 1. The Morgan fingerprint density at radius 2 is 2.18 bits per heavy atom. The zero-order chi connectivity index (χ0) is 12.0. The van der Waals surface area contributed by atoms with Crippen LogP contribution in [0.5, 0.6) is 0 Å². The van der Waals surface area contributed by atoms with E-state index in [1.54, 1.807) is 0 Å². The van der Waals surface area contributed by atoms with Crippen LogP contribution in [0.3, 0.4) is 0 Å². The number of hydrogen-bond acceptors (Lipinski definition) is 1. The van der Waals surface area contributed by atoms with E-state index in [1.165, 1.54) is 11.3 Å². The van der Waals surface area contributed by atoms with Gasteiger partial charge < -0.3 is 10.7 Å². The third-order valence-electron chi connectivity index (χ3n) is 3.68. The van der Waals surface area contributed by atoms with Crippen molar-refractivity contribution >= 4 is 34.1 Å². The quantitative estimate of drug-likeness (QED) is 0.816. The Kier molecular flexibility index (Phi) is 2.81. The Labute approximate surface area is 110 Å². The molecule has 1 aliphatic carbocycles. The standard InChI is InChI=1S/C13H14Cl2N2/c14-9-2-4-11-12(13(9)15)8-5-7(6-16)1-3-10(8)17-11/h2,4,7,17H,1,3,5-6,16H2. The Balaban J connectivity index is 2.22. The van der Waals surface area contributed by atoms with Gasteiger partial charge in [0.15, 0.2) is 0 Å². The molecule has 0 spiro atoms. The highest BCUT2D eigenvalue weighted by atomic mass is 35.5. The molecule has 3 rings (SSSR count). The number of aromatic nitrogens is 1. The zero-order valence-corrected chi connectivity index (χ0v) is 10.9. The number of nitrogens with two attached hydrogens (primary N) is 1. The Hall–Kier alpha value is -0.700. The lowest BCUT2D eigenvalue weighted by Gasteiger charge is -2.20. The molecule has 3 N–H and O–H groups in total. The summed E-state index contributed by atoms with van der Waals surface area (Å²) in [6, 6.07) is 3.84. The summed E-state index contributed by atoms with van der Waals surface area (Å²) >= 11 is 12.4. The maximum atomic E-state index is 6.31. The number of halogens is 2. The molecule has 4 heteroatoms. The molecule has 2 aromatic rings. The van der Waals surface area contributed by atoms with Crippen LogP contribution in [0.4, 0.5) is 0 Å².